The summed E-state index contributed by atoms with van der Waals surface area (Å²) in [7, 11) is 0. The molecule has 1 atom stereocenters. The Balaban J connectivity index is 2.18. The highest BCUT2D eigenvalue weighted by Crippen LogP contribution is 2.10. The Morgan fingerprint density at radius 2 is 2.40 bits per heavy atom. The summed E-state index contributed by atoms with van der Waals surface area (Å²) in [6, 6.07) is 0.330. The minimum Gasteiger partial charge on any atom is -0.335 e. The molecule has 0 aromatic carbocycles. The van der Waals surface area contributed by atoms with Crippen molar-refractivity contribution < 1.29 is 0 Å². The van der Waals surface area contributed by atoms with Crippen LogP contribution in [-0.4, -0.2) is 19.1 Å². The maximum Gasteiger partial charge on any atom is 0.177 e. The summed E-state index contributed by atoms with van der Waals surface area (Å²) in [6.45, 7) is 5.03. The van der Waals surface area contributed by atoms with Crippen molar-refractivity contribution in [2.24, 2.45) is 0 Å². The molecule has 0 saturated carbocycles. The molecule has 2 rings (SSSR count). The van der Waals surface area contributed by atoms with E-state index in [0.29, 0.717) is 6.04 Å². The number of aryl methyl sites for hydroxylation is 1. The van der Waals surface area contributed by atoms with Gasteiger partial charge < -0.3 is 14.1 Å². The molecule has 1 unspecified atom stereocenters. The van der Waals surface area contributed by atoms with E-state index in [1.807, 2.05) is 25.6 Å². The van der Waals surface area contributed by atoms with Gasteiger partial charge in [0.2, 0.25) is 0 Å². The van der Waals surface area contributed by atoms with Crippen molar-refractivity contribution in [3.63, 3.8) is 0 Å². The minimum absolute atomic E-state index is 0.330. The molecule has 0 fully saturated rings. The summed E-state index contributed by atoms with van der Waals surface area (Å²) in [4.78, 5) is 7.14. The Morgan fingerprint density at radius 3 is 2.93 bits per heavy atom. The Labute approximate surface area is 93.6 Å². The number of aromatic amines is 1. The molecule has 2 aromatic heterocycles. The summed E-state index contributed by atoms with van der Waals surface area (Å²) in [5.74, 6) is 0. The highest BCUT2D eigenvalue weighted by atomic mass is 32.1. The van der Waals surface area contributed by atoms with Crippen LogP contribution >= 0.6 is 12.2 Å². The van der Waals surface area contributed by atoms with Crippen LogP contribution in [-0.2, 0) is 6.54 Å². The maximum absolute atomic E-state index is 5.23. The molecule has 0 amide bonds. The molecule has 0 radical (unpaired) electrons. The average molecular weight is 222 g/mol. The third kappa shape index (κ3) is 2.18. The molecule has 2 heterocycles. The van der Waals surface area contributed by atoms with E-state index in [0.717, 1.165) is 17.0 Å². The molecule has 15 heavy (non-hydrogen) atoms. The van der Waals surface area contributed by atoms with Gasteiger partial charge in [-0.05, 0) is 26.1 Å². The van der Waals surface area contributed by atoms with Gasteiger partial charge in [-0.25, -0.2) is 4.98 Å². The van der Waals surface area contributed by atoms with Gasteiger partial charge in [0, 0.05) is 30.8 Å². The SMILES string of the molecule is Cc1cn(C(C)Cn2ccnc2)c(=S)[nH]1. The Hall–Kier alpha value is -1.36. The molecule has 4 nitrogen and oxygen atoms in total. The van der Waals surface area contributed by atoms with Crippen molar-refractivity contribution in [3.05, 3.63) is 35.4 Å². The van der Waals surface area contributed by atoms with E-state index in [9.17, 15) is 0 Å². The summed E-state index contributed by atoms with van der Waals surface area (Å²) >= 11 is 5.23. The number of rotatable bonds is 3. The lowest BCUT2D eigenvalue weighted by Crippen LogP contribution is -2.11. The minimum atomic E-state index is 0.330. The van der Waals surface area contributed by atoms with Crippen LogP contribution in [0.15, 0.2) is 24.9 Å². The smallest absolute Gasteiger partial charge is 0.177 e. The number of H-pyrrole nitrogens is 1. The van der Waals surface area contributed by atoms with Crippen molar-refractivity contribution in [2.75, 3.05) is 0 Å². The summed E-state index contributed by atoms with van der Waals surface area (Å²) in [5.41, 5.74) is 1.09. The lowest BCUT2D eigenvalue weighted by molar-refractivity contribution is 0.459. The molecule has 1 N–H and O–H groups in total. The van der Waals surface area contributed by atoms with Crippen molar-refractivity contribution in [1.29, 1.82) is 0 Å². The van der Waals surface area contributed by atoms with Gasteiger partial charge in [-0.1, -0.05) is 0 Å². The lowest BCUT2D eigenvalue weighted by Gasteiger charge is -2.13. The predicted octanol–water partition coefficient (Wildman–Crippen LogP) is 2.31. The number of hydrogen-bond donors (Lipinski definition) is 1. The Morgan fingerprint density at radius 1 is 1.60 bits per heavy atom. The number of imidazole rings is 2. The maximum atomic E-state index is 5.23. The molecule has 0 aliphatic rings. The van der Waals surface area contributed by atoms with Crippen LogP contribution in [0.1, 0.15) is 18.7 Å². The van der Waals surface area contributed by atoms with Crippen LogP contribution in [0.2, 0.25) is 0 Å². The second kappa shape index (κ2) is 4.02. The van der Waals surface area contributed by atoms with E-state index in [4.69, 9.17) is 12.2 Å². The molecule has 80 valence electrons. The molecule has 0 aliphatic heterocycles. The van der Waals surface area contributed by atoms with Crippen LogP contribution in [0.25, 0.3) is 0 Å². The van der Waals surface area contributed by atoms with Crippen LogP contribution < -0.4 is 0 Å². The van der Waals surface area contributed by atoms with Crippen LogP contribution in [0.5, 0.6) is 0 Å². The van der Waals surface area contributed by atoms with Gasteiger partial charge in [0.25, 0.3) is 0 Å². The van der Waals surface area contributed by atoms with Gasteiger partial charge in [-0.3, -0.25) is 0 Å². The second-order valence-electron chi connectivity index (χ2n) is 3.76. The summed E-state index contributed by atoms with van der Waals surface area (Å²) in [6.07, 6.45) is 7.61. The van der Waals surface area contributed by atoms with Gasteiger partial charge in [0.15, 0.2) is 4.77 Å². The monoisotopic (exact) mass is 222 g/mol. The van der Waals surface area contributed by atoms with E-state index < -0.39 is 0 Å². The van der Waals surface area contributed by atoms with Gasteiger partial charge in [-0.2, -0.15) is 0 Å². The van der Waals surface area contributed by atoms with Gasteiger partial charge >= 0.3 is 0 Å². The zero-order chi connectivity index (χ0) is 10.8. The topological polar surface area (TPSA) is 38.5 Å². The standard InChI is InChI=1S/C10H14N4S/c1-8-5-14(10(15)12-8)9(2)6-13-4-3-11-7-13/h3-5,7,9H,6H2,1-2H3,(H,12,15). The van der Waals surface area contributed by atoms with E-state index in [1.165, 1.54) is 0 Å². The quantitative estimate of drug-likeness (QED) is 0.809. The highest BCUT2D eigenvalue weighted by Gasteiger charge is 2.06. The van der Waals surface area contributed by atoms with E-state index in [2.05, 4.69) is 26.0 Å². The van der Waals surface area contributed by atoms with Crippen molar-refractivity contribution in [2.45, 2.75) is 26.4 Å². The van der Waals surface area contributed by atoms with Crippen molar-refractivity contribution in [3.8, 4) is 0 Å². The Bertz CT molecular complexity index is 480. The highest BCUT2D eigenvalue weighted by molar-refractivity contribution is 7.71. The van der Waals surface area contributed by atoms with Gasteiger partial charge in [0.05, 0.1) is 12.4 Å². The first-order valence-electron chi connectivity index (χ1n) is 4.90. The average Bonchev–Trinajstić information content (AvgIpc) is 2.75. The summed E-state index contributed by atoms with van der Waals surface area (Å²) < 4.78 is 4.90. The summed E-state index contributed by atoms with van der Waals surface area (Å²) in [5, 5.41) is 0. The van der Waals surface area contributed by atoms with Gasteiger partial charge in [0.1, 0.15) is 0 Å². The van der Waals surface area contributed by atoms with E-state index >= 15 is 0 Å². The Kier molecular flexibility index (Phi) is 2.73. The van der Waals surface area contributed by atoms with Crippen molar-refractivity contribution >= 4 is 12.2 Å². The molecule has 0 saturated heterocycles. The molecule has 5 heteroatoms. The molecule has 2 aromatic rings. The van der Waals surface area contributed by atoms with Crippen LogP contribution in [0, 0.1) is 11.7 Å². The number of hydrogen-bond acceptors (Lipinski definition) is 2. The zero-order valence-electron chi connectivity index (χ0n) is 8.84. The van der Waals surface area contributed by atoms with E-state index in [1.54, 1.807) is 6.20 Å². The predicted molar refractivity (Wildman–Crippen MR) is 61.3 cm³/mol. The molecule has 0 bridgehead atoms. The fraction of sp³-hybridized carbons (Fsp3) is 0.400. The molecule has 0 spiro atoms. The lowest BCUT2D eigenvalue weighted by atomic mass is 10.3. The molecular formula is C10H14N4S. The fourth-order valence-corrected chi connectivity index (χ4v) is 2.04. The second-order valence-corrected chi connectivity index (χ2v) is 4.14. The first kappa shape index (κ1) is 10.2. The molecule has 0 aliphatic carbocycles. The third-order valence-corrected chi connectivity index (χ3v) is 2.69. The van der Waals surface area contributed by atoms with Crippen LogP contribution in [0.4, 0.5) is 0 Å². The first-order chi connectivity index (χ1) is 7.16. The largest absolute Gasteiger partial charge is 0.335 e. The van der Waals surface area contributed by atoms with Crippen molar-refractivity contribution in [1.82, 2.24) is 19.1 Å². The van der Waals surface area contributed by atoms with Crippen LogP contribution in [0.3, 0.4) is 0 Å². The normalized spacial score (nSPS) is 12.9. The number of nitrogens with zero attached hydrogens (tertiary/aromatic N) is 3. The first-order valence-corrected chi connectivity index (χ1v) is 5.31. The third-order valence-electron chi connectivity index (χ3n) is 2.38. The zero-order valence-corrected chi connectivity index (χ0v) is 9.66. The molecular weight excluding hydrogens is 208 g/mol. The van der Waals surface area contributed by atoms with E-state index in [-0.39, 0.29) is 0 Å². The van der Waals surface area contributed by atoms with Gasteiger partial charge in [-0.15, -0.1) is 0 Å². The fourth-order valence-electron chi connectivity index (χ4n) is 1.65. The number of nitrogens with one attached hydrogen (secondary N) is 1. The number of aromatic nitrogens is 4.